The molecule has 0 unspecified atom stereocenters. The summed E-state index contributed by atoms with van der Waals surface area (Å²) in [6.45, 7) is 3.60. The van der Waals surface area contributed by atoms with Crippen molar-refractivity contribution in [2.24, 2.45) is 0 Å². The molecule has 1 aromatic carbocycles. The summed E-state index contributed by atoms with van der Waals surface area (Å²) in [5, 5.41) is 11.6. The second kappa shape index (κ2) is 7.45. The third-order valence-electron chi connectivity index (χ3n) is 3.32. The Morgan fingerprint density at radius 2 is 1.92 bits per heavy atom. The second-order valence-corrected chi connectivity index (χ2v) is 5.45. The van der Waals surface area contributed by atoms with Gasteiger partial charge >= 0.3 is 5.97 Å². The van der Waals surface area contributed by atoms with E-state index in [-0.39, 0.29) is 11.5 Å². The summed E-state index contributed by atoms with van der Waals surface area (Å²) in [6.07, 6.45) is 1.03. The fourth-order valence-electron chi connectivity index (χ4n) is 2.12. The number of pyridine rings is 1. The molecule has 7 heteroatoms. The molecule has 1 aromatic heterocycles. The minimum absolute atomic E-state index is 0.111. The van der Waals surface area contributed by atoms with Crippen molar-refractivity contribution in [3.8, 4) is 0 Å². The third-order valence-corrected chi connectivity index (χ3v) is 3.32. The summed E-state index contributed by atoms with van der Waals surface area (Å²) >= 11 is 0. The number of hydrogen-bond donors (Lipinski definition) is 2. The first-order valence-corrected chi connectivity index (χ1v) is 7.36. The molecule has 0 spiro atoms. The zero-order chi connectivity index (χ0) is 17.7. The average molecular weight is 330 g/mol. The van der Waals surface area contributed by atoms with Gasteiger partial charge in [-0.1, -0.05) is 32.0 Å². The van der Waals surface area contributed by atoms with Crippen molar-refractivity contribution in [1.82, 2.24) is 4.73 Å². The molecule has 1 heterocycles. The summed E-state index contributed by atoms with van der Waals surface area (Å²) < 4.78 is 0.734. The van der Waals surface area contributed by atoms with Gasteiger partial charge in [-0.05, 0) is 23.6 Å². The van der Waals surface area contributed by atoms with Gasteiger partial charge in [0.1, 0.15) is 0 Å². The standard InChI is InChI=1S/C17H18N2O5/c1-11(2)13-5-3-4-6-14(13)18-15(20)10-24-19-9-12(17(22)23)7-8-16(19)21/h3-9,11H,10H2,1-2H3,(H,18,20)(H,22,23). The predicted molar refractivity (Wildman–Crippen MR) is 88.3 cm³/mol. The number of nitrogens with zero attached hydrogens (tertiary/aromatic N) is 1. The van der Waals surface area contributed by atoms with Gasteiger partial charge in [-0.2, -0.15) is 4.73 Å². The lowest BCUT2D eigenvalue weighted by Gasteiger charge is -2.14. The Balaban J connectivity index is 2.06. The van der Waals surface area contributed by atoms with Gasteiger partial charge in [0.25, 0.3) is 11.5 Å². The average Bonchev–Trinajstić information content (AvgIpc) is 2.54. The minimum atomic E-state index is -1.19. The molecule has 2 aromatic rings. The lowest BCUT2D eigenvalue weighted by molar-refractivity contribution is -0.120. The molecule has 7 nitrogen and oxygen atoms in total. The number of hydrogen-bond acceptors (Lipinski definition) is 4. The molecular weight excluding hydrogens is 312 g/mol. The Hall–Kier alpha value is -3.09. The van der Waals surface area contributed by atoms with Crippen LogP contribution in [0.4, 0.5) is 5.69 Å². The topological polar surface area (TPSA) is 97.6 Å². The Kier molecular flexibility index (Phi) is 5.36. The first-order chi connectivity index (χ1) is 11.4. The highest BCUT2D eigenvalue weighted by atomic mass is 16.7. The zero-order valence-corrected chi connectivity index (χ0v) is 13.4. The quantitative estimate of drug-likeness (QED) is 0.841. The Morgan fingerprint density at radius 3 is 2.58 bits per heavy atom. The Bertz CT molecular complexity index is 811. The highest BCUT2D eigenvalue weighted by molar-refractivity contribution is 5.92. The summed E-state index contributed by atoms with van der Waals surface area (Å²) in [4.78, 5) is 39.6. The molecule has 0 aliphatic carbocycles. The van der Waals surface area contributed by atoms with Gasteiger partial charge in [0, 0.05) is 11.8 Å². The fraction of sp³-hybridized carbons (Fsp3) is 0.235. The monoisotopic (exact) mass is 330 g/mol. The van der Waals surface area contributed by atoms with Crippen LogP contribution in [0, 0.1) is 0 Å². The molecule has 126 valence electrons. The normalized spacial score (nSPS) is 10.5. The van der Waals surface area contributed by atoms with Crippen LogP contribution in [0.3, 0.4) is 0 Å². The van der Waals surface area contributed by atoms with E-state index in [1.54, 1.807) is 6.07 Å². The van der Waals surface area contributed by atoms with Crippen LogP contribution < -0.4 is 15.7 Å². The molecule has 1 amide bonds. The fourth-order valence-corrected chi connectivity index (χ4v) is 2.12. The number of carbonyl (C=O) groups excluding carboxylic acids is 1. The third kappa shape index (κ3) is 4.22. The molecule has 0 atom stereocenters. The van der Waals surface area contributed by atoms with Gasteiger partial charge in [0.2, 0.25) is 0 Å². The van der Waals surface area contributed by atoms with Gasteiger partial charge in [-0.25, -0.2) is 4.79 Å². The summed E-state index contributed by atoms with van der Waals surface area (Å²) in [5.74, 6) is -1.41. The van der Waals surface area contributed by atoms with Crippen molar-refractivity contribution >= 4 is 17.6 Å². The van der Waals surface area contributed by atoms with Crippen LogP contribution in [0.15, 0.2) is 47.4 Å². The summed E-state index contributed by atoms with van der Waals surface area (Å²) in [7, 11) is 0. The van der Waals surface area contributed by atoms with Crippen LogP contribution >= 0.6 is 0 Å². The number of para-hydroxylation sites is 1. The van der Waals surface area contributed by atoms with Gasteiger partial charge in [0.15, 0.2) is 6.61 Å². The number of rotatable bonds is 6. The number of benzene rings is 1. The number of carboxylic acids is 1. The second-order valence-electron chi connectivity index (χ2n) is 5.45. The van der Waals surface area contributed by atoms with Crippen LogP contribution in [-0.2, 0) is 4.79 Å². The molecule has 0 aliphatic heterocycles. The predicted octanol–water partition coefficient (Wildman–Crippen LogP) is 1.74. The number of carboxylic acid groups (broad SMARTS) is 1. The van der Waals surface area contributed by atoms with Crippen LogP contribution in [0.2, 0.25) is 0 Å². The molecule has 0 fully saturated rings. The van der Waals surface area contributed by atoms with Gasteiger partial charge in [-0.3, -0.25) is 9.59 Å². The number of anilines is 1. The number of aromatic carboxylic acids is 1. The van der Waals surface area contributed by atoms with Crippen molar-refractivity contribution in [3.63, 3.8) is 0 Å². The Morgan fingerprint density at radius 1 is 1.21 bits per heavy atom. The molecule has 0 aliphatic rings. The van der Waals surface area contributed by atoms with Gasteiger partial charge < -0.3 is 15.3 Å². The van der Waals surface area contributed by atoms with Crippen molar-refractivity contribution < 1.29 is 19.5 Å². The van der Waals surface area contributed by atoms with Crippen LogP contribution in [0.25, 0.3) is 0 Å². The van der Waals surface area contributed by atoms with Crippen molar-refractivity contribution in [1.29, 1.82) is 0 Å². The maximum Gasteiger partial charge on any atom is 0.337 e. The maximum absolute atomic E-state index is 12.0. The van der Waals surface area contributed by atoms with E-state index in [9.17, 15) is 14.4 Å². The smallest absolute Gasteiger partial charge is 0.337 e. The molecule has 2 N–H and O–H groups in total. The highest BCUT2D eigenvalue weighted by Crippen LogP contribution is 2.23. The van der Waals surface area contributed by atoms with Gasteiger partial charge in [0.05, 0.1) is 11.8 Å². The lowest BCUT2D eigenvalue weighted by atomic mass is 10.0. The largest absolute Gasteiger partial charge is 0.478 e. The van der Waals surface area contributed by atoms with E-state index >= 15 is 0 Å². The lowest BCUT2D eigenvalue weighted by Crippen LogP contribution is -2.32. The molecule has 0 radical (unpaired) electrons. The molecule has 0 bridgehead atoms. The molecule has 0 saturated heterocycles. The van der Waals surface area contributed by atoms with Crippen LogP contribution in [0.1, 0.15) is 35.7 Å². The van der Waals surface area contributed by atoms with E-state index in [0.717, 1.165) is 22.6 Å². The first-order valence-electron chi connectivity index (χ1n) is 7.36. The SMILES string of the molecule is CC(C)c1ccccc1NC(=O)COn1cc(C(=O)O)ccc1=O. The first kappa shape index (κ1) is 17.3. The number of aromatic nitrogens is 1. The minimum Gasteiger partial charge on any atom is -0.478 e. The van der Waals surface area contributed by atoms with E-state index in [2.05, 4.69) is 5.32 Å². The molecule has 24 heavy (non-hydrogen) atoms. The van der Waals surface area contributed by atoms with E-state index < -0.39 is 24.0 Å². The molecule has 0 saturated carbocycles. The van der Waals surface area contributed by atoms with Crippen LogP contribution in [0.5, 0.6) is 0 Å². The Labute approximate surface area is 138 Å². The van der Waals surface area contributed by atoms with E-state index in [1.807, 2.05) is 32.0 Å². The molecular formula is C17H18N2O5. The number of amides is 1. The van der Waals surface area contributed by atoms with E-state index in [1.165, 1.54) is 6.07 Å². The summed E-state index contributed by atoms with van der Waals surface area (Å²) in [5.41, 5.74) is 0.985. The summed E-state index contributed by atoms with van der Waals surface area (Å²) in [6, 6.07) is 9.63. The van der Waals surface area contributed by atoms with E-state index in [0.29, 0.717) is 5.69 Å². The number of nitrogens with one attached hydrogen (secondary N) is 1. The molecule has 2 rings (SSSR count). The highest BCUT2D eigenvalue weighted by Gasteiger charge is 2.11. The van der Waals surface area contributed by atoms with Gasteiger partial charge in [-0.15, -0.1) is 0 Å². The number of carbonyl (C=O) groups is 2. The zero-order valence-electron chi connectivity index (χ0n) is 13.4. The van der Waals surface area contributed by atoms with E-state index in [4.69, 9.17) is 9.94 Å². The van der Waals surface area contributed by atoms with Crippen molar-refractivity contribution in [2.45, 2.75) is 19.8 Å². The van der Waals surface area contributed by atoms with Crippen LogP contribution in [-0.4, -0.2) is 28.3 Å². The van der Waals surface area contributed by atoms with Crippen molar-refractivity contribution in [2.75, 3.05) is 11.9 Å². The van der Waals surface area contributed by atoms with Crippen molar-refractivity contribution in [3.05, 3.63) is 64.1 Å². The maximum atomic E-state index is 12.0.